The van der Waals surface area contributed by atoms with Crippen LogP contribution in [0.4, 0.5) is 5.69 Å². The monoisotopic (exact) mass is 471 g/mol. The van der Waals surface area contributed by atoms with E-state index in [0.717, 1.165) is 55.7 Å². The SMILES string of the molecule is O=c1[nH]c2ccccc2n1CCCN1CCN(C(c2ccccc2)c2ccc([N+](=O)[O-])cc2)CC1. The Labute approximate surface area is 203 Å². The summed E-state index contributed by atoms with van der Waals surface area (Å²) in [4.78, 5) is 30.9. The van der Waals surface area contributed by atoms with Crippen LogP contribution in [0, 0.1) is 10.1 Å². The van der Waals surface area contributed by atoms with Crippen LogP contribution in [-0.4, -0.2) is 57.0 Å². The highest BCUT2D eigenvalue weighted by Crippen LogP contribution is 2.30. The molecule has 8 nitrogen and oxygen atoms in total. The van der Waals surface area contributed by atoms with Gasteiger partial charge < -0.3 is 9.88 Å². The van der Waals surface area contributed by atoms with Crippen molar-refractivity contribution in [2.24, 2.45) is 0 Å². The molecule has 2 heterocycles. The summed E-state index contributed by atoms with van der Waals surface area (Å²) in [7, 11) is 0. The molecular formula is C27H29N5O3. The van der Waals surface area contributed by atoms with E-state index in [1.54, 1.807) is 12.1 Å². The second-order valence-corrected chi connectivity index (χ2v) is 8.99. The third-order valence-electron chi connectivity index (χ3n) is 6.84. The van der Waals surface area contributed by atoms with Gasteiger partial charge in [0.05, 0.1) is 22.0 Å². The van der Waals surface area contributed by atoms with E-state index in [-0.39, 0.29) is 22.3 Å². The fourth-order valence-corrected chi connectivity index (χ4v) is 5.05. The molecule has 0 spiro atoms. The summed E-state index contributed by atoms with van der Waals surface area (Å²) in [5.74, 6) is 0. The number of H-pyrrole nitrogens is 1. The van der Waals surface area contributed by atoms with Crippen molar-refractivity contribution in [1.82, 2.24) is 19.4 Å². The van der Waals surface area contributed by atoms with Crippen molar-refractivity contribution in [2.45, 2.75) is 19.0 Å². The molecule has 1 unspecified atom stereocenters. The predicted molar refractivity (Wildman–Crippen MR) is 137 cm³/mol. The average Bonchev–Trinajstić information content (AvgIpc) is 3.21. The zero-order valence-corrected chi connectivity index (χ0v) is 19.5. The molecule has 180 valence electrons. The van der Waals surface area contributed by atoms with Gasteiger partial charge in [-0.3, -0.25) is 19.6 Å². The summed E-state index contributed by atoms with van der Waals surface area (Å²) >= 11 is 0. The first kappa shape index (κ1) is 23.0. The highest BCUT2D eigenvalue weighted by atomic mass is 16.6. The van der Waals surface area contributed by atoms with Gasteiger partial charge in [0.25, 0.3) is 5.69 Å². The zero-order valence-electron chi connectivity index (χ0n) is 19.5. The molecule has 1 aliphatic rings. The normalized spacial score (nSPS) is 15.9. The van der Waals surface area contributed by atoms with Crippen molar-refractivity contribution in [3.63, 3.8) is 0 Å². The van der Waals surface area contributed by atoms with Crippen molar-refractivity contribution in [1.29, 1.82) is 0 Å². The quantitative estimate of drug-likeness (QED) is 0.310. The minimum Gasteiger partial charge on any atom is -0.306 e. The molecule has 3 aromatic carbocycles. The number of nitrogens with zero attached hydrogens (tertiary/aromatic N) is 4. The molecule has 1 atom stereocenters. The van der Waals surface area contributed by atoms with E-state index < -0.39 is 0 Å². The van der Waals surface area contributed by atoms with Crippen LogP contribution < -0.4 is 5.69 Å². The first-order chi connectivity index (χ1) is 17.1. The second kappa shape index (κ2) is 10.2. The summed E-state index contributed by atoms with van der Waals surface area (Å²) in [6, 6.07) is 25.1. The van der Waals surface area contributed by atoms with Gasteiger partial charge in [-0.15, -0.1) is 0 Å². The summed E-state index contributed by atoms with van der Waals surface area (Å²) in [6.07, 6.45) is 0.909. The Morgan fingerprint density at radius 2 is 1.49 bits per heavy atom. The minimum absolute atomic E-state index is 0.0511. The number of hydrogen-bond acceptors (Lipinski definition) is 5. The number of piperazine rings is 1. The van der Waals surface area contributed by atoms with Crippen LogP contribution in [0.1, 0.15) is 23.6 Å². The number of imidazole rings is 1. The fraction of sp³-hybridized carbons (Fsp3) is 0.296. The Morgan fingerprint density at radius 3 is 2.20 bits per heavy atom. The second-order valence-electron chi connectivity index (χ2n) is 8.99. The zero-order chi connectivity index (χ0) is 24.2. The number of aromatic amines is 1. The van der Waals surface area contributed by atoms with Gasteiger partial charge in [0.2, 0.25) is 0 Å². The van der Waals surface area contributed by atoms with E-state index in [2.05, 4.69) is 26.9 Å². The van der Waals surface area contributed by atoms with Gasteiger partial charge in [-0.1, -0.05) is 54.6 Å². The van der Waals surface area contributed by atoms with Gasteiger partial charge in [0.1, 0.15) is 0 Å². The lowest BCUT2D eigenvalue weighted by Gasteiger charge is -2.39. The third kappa shape index (κ3) is 5.03. The molecule has 0 aliphatic carbocycles. The topological polar surface area (TPSA) is 87.4 Å². The summed E-state index contributed by atoms with van der Waals surface area (Å²) < 4.78 is 1.83. The van der Waals surface area contributed by atoms with Gasteiger partial charge in [-0.25, -0.2) is 4.79 Å². The Balaban J connectivity index is 1.23. The Kier molecular flexibility index (Phi) is 6.74. The number of aryl methyl sites for hydroxylation is 1. The molecule has 4 aromatic rings. The van der Waals surface area contributed by atoms with Gasteiger partial charge in [-0.2, -0.15) is 0 Å². The van der Waals surface area contributed by atoms with Crippen molar-refractivity contribution in [3.8, 4) is 0 Å². The summed E-state index contributed by atoms with van der Waals surface area (Å²) in [6.45, 7) is 5.33. The molecule has 1 N–H and O–H groups in total. The van der Waals surface area contributed by atoms with Crippen molar-refractivity contribution < 1.29 is 4.92 Å². The minimum atomic E-state index is -0.357. The van der Waals surface area contributed by atoms with Crippen LogP contribution in [0.5, 0.6) is 0 Å². The van der Waals surface area contributed by atoms with E-state index >= 15 is 0 Å². The van der Waals surface area contributed by atoms with E-state index in [9.17, 15) is 14.9 Å². The molecular weight excluding hydrogens is 442 g/mol. The van der Waals surface area contributed by atoms with E-state index in [1.807, 2.05) is 59.2 Å². The van der Waals surface area contributed by atoms with Crippen molar-refractivity contribution in [2.75, 3.05) is 32.7 Å². The molecule has 1 fully saturated rings. The molecule has 0 amide bonds. The molecule has 0 radical (unpaired) electrons. The van der Waals surface area contributed by atoms with Crippen molar-refractivity contribution >= 4 is 16.7 Å². The maximum Gasteiger partial charge on any atom is 0.326 e. The van der Waals surface area contributed by atoms with Crippen LogP contribution in [0.2, 0.25) is 0 Å². The fourth-order valence-electron chi connectivity index (χ4n) is 5.05. The smallest absolute Gasteiger partial charge is 0.306 e. The highest BCUT2D eigenvalue weighted by molar-refractivity contribution is 5.74. The number of para-hydroxylation sites is 2. The maximum absolute atomic E-state index is 12.3. The third-order valence-corrected chi connectivity index (χ3v) is 6.84. The predicted octanol–water partition coefficient (Wildman–Crippen LogP) is 4.04. The van der Waals surface area contributed by atoms with E-state index in [1.165, 1.54) is 5.56 Å². The van der Waals surface area contributed by atoms with Crippen LogP contribution in [0.25, 0.3) is 11.0 Å². The molecule has 1 aliphatic heterocycles. The molecule has 35 heavy (non-hydrogen) atoms. The number of non-ortho nitro benzene ring substituents is 1. The first-order valence-electron chi connectivity index (χ1n) is 12.0. The molecule has 5 rings (SSSR count). The standard InChI is InChI=1S/C27H29N5O3/c33-27-28-24-9-4-5-10-25(24)31(27)16-6-15-29-17-19-30(20-18-29)26(21-7-2-1-3-8-21)22-11-13-23(14-12-22)32(34)35/h1-5,7-14,26H,6,15-20H2,(H,28,33). The number of nitrogens with one attached hydrogen (secondary N) is 1. The Morgan fingerprint density at radius 1 is 0.829 bits per heavy atom. The summed E-state index contributed by atoms with van der Waals surface area (Å²) in [5, 5.41) is 11.1. The number of hydrogen-bond donors (Lipinski definition) is 1. The highest BCUT2D eigenvalue weighted by Gasteiger charge is 2.26. The van der Waals surface area contributed by atoms with Crippen molar-refractivity contribution in [3.05, 3.63) is 111 Å². The molecule has 0 saturated carbocycles. The largest absolute Gasteiger partial charge is 0.326 e. The molecule has 1 saturated heterocycles. The van der Waals surface area contributed by atoms with E-state index in [4.69, 9.17) is 0 Å². The Bertz CT molecular complexity index is 1340. The number of benzene rings is 3. The number of nitro groups is 1. The lowest BCUT2D eigenvalue weighted by molar-refractivity contribution is -0.384. The van der Waals surface area contributed by atoms with Gasteiger partial charge in [0, 0.05) is 44.9 Å². The van der Waals surface area contributed by atoms with Crippen LogP contribution >= 0.6 is 0 Å². The first-order valence-corrected chi connectivity index (χ1v) is 12.0. The van der Waals surface area contributed by atoms with Gasteiger partial charge >= 0.3 is 5.69 Å². The summed E-state index contributed by atoms with van der Waals surface area (Å²) in [5.41, 5.74) is 4.15. The van der Waals surface area contributed by atoms with Gasteiger partial charge in [-0.05, 0) is 36.2 Å². The van der Waals surface area contributed by atoms with Crippen LogP contribution in [0.15, 0.2) is 83.7 Å². The van der Waals surface area contributed by atoms with Crippen LogP contribution in [-0.2, 0) is 6.54 Å². The number of fused-ring (bicyclic) bond motifs is 1. The Hall–Kier alpha value is -3.75. The number of aromatic nitrogens is 2. The lowest BCUT2D eigenvalue weighted by atomic mass is 9.96. The maximum atomic E-state index is 12.3. The molecule has 1 aromatic heterocycles. The average molecular weight is 472 g/mol. The molecule has 0 bridgehead atoms. The van der Waals surface area contributed by atoms with Crippen LogP contribution in [0.3, 0.4) is 0 Å². The van der Waals surface area contributed by atoms with E-state index in [0.29, 0.717) is 6.54 Å². The molecule has 8 heteroatoms. The number of rotatable bonds is 8. The number of nitro benzene ring substituents is 1. The van der Waals surface area contributed by atoms with Gasteiger partial charge in [0.15, 0.2) is 0 Å². The lowest BCUT2D eigenvalue weighted by Crippen LogP contribution is -2.48.